The molecular weight excluding hydrogens is 242 g/mol. The number of rotatable bonds is 1. The first-order chi connectivity index (χ1) is 8.43. The van der Waals surface area contributed by atoms with Gasteiger partial charge in [0.2, 0.25) is 0 Å². The lowest BCUT2D eigenvalue weighted by Gasteiger charge is -2.23. The van der Waals surface area contributed by atoms with Crippen molar-refractivity contribution in [2.45, 2.75) is 57.4 Å². The first-order valence-corrected chi connectivity index (χ1v) is 7.26. The van der Waals surface area contributed by atoms with E-state index in [4.69, 9.17) is 0 Å². The Morgan fingerprint density at radius 3 is 2.61 bits per heavy atom. The molecule has 2 heteroatoms. The van der Waals surface area contributed by atoms with E-state index in [0.29, 0.717) is 0 Å². The fourth-order valence-corrected chi connectivity index (χ4v) is 3.37. The summed E-state index contributed by atoms with van der Waals surface area (Å²) in [5.74, 6) is 0.845. The SMILES string of the molecule is Cl.c1cc2c(cc1C1CCCCC1)CNCCC2. The maximum absolute atomic E-state index is 3.53. The average molecular weight is 266 g/mol. The van der Waals surface area contributed by atoms with Crippen molar-refractivity contribution in [3.05, 3.63) is 34.9 Å². The highest BCUT2D eigenvalue weighted by molar-refractivity contribution is 5.85. The zero-order valence-electron chi connectivity index (χ0n) is 11.1. The highest BCUT2D eigenvalue weighted by atomic mass is 35.5. The quantitative estimate of drug-likeness (QED) is 0.803. The molecule has 1 saturated carbocycles. The van der Waals surface area contributed by atoms with Crippen LogP contribution in [0.2, 0.25) is 0 Å². The van der Waals surface area contributed by atoms with E-state index in [9.17, 15) is 0 Å². The van der Waals surface area contributed by atoms with Crippen molar-refractivity contribution in [3.63, 3.8) is 0 Å². The summed E-state index contributed by atoms with van der Waals surface area (Å²) in [5.41, 5.74) is 4.74. The number of halogens is 1. The van der Waals surface area contributed by atoms with Gasteiger partial charge in [0, 0.05) is 6.54 Å². The van der Waals surface area contributed by atoms with Crippen molar-refractivity contribution < 1.29 is 0 Å². The number of nitrogens with one attached hydrogen (secondary N) is 1. The van der Waals surface area contributed by atoms with Crippen molar-refractivity contribution in [1.29, 1.82) is 0 Å². The molecule has 1 N–H and O–H groups in total. The lowest BCUT2D eigenvalue weighted by atomic mass is 9.83. The maximum Gasteiger partial charge on any atom is 0.0208 e. The van der Waals surface area contributed by atoms with Crippen molar-refractivity contribution in [2.24, 2.45) is 0 Å². The Labute approximate surface area is 117 Å². The van der Waals surface area contributed by atoms with E-state index in [0.717, 1.165) is 12.5 Å². The minimum Gasteiger partial charge on any atom is -0.313 e. The van der Waals surface area contributed by atoms with Gasteiger partial charge in [0.25, 0.3) is 0 Å². The predicted octanol–water partition coefficient (Wildman–Crippen LogP) is 4.19. The van der Waals surface area contributed by atoms with Crippen LogP contribution in [0, 0.1) is 0 Å². The van der Waals surface area contributed by atoms with Crippen LogP contribution in [0.4, 0.5) is 0 Å². The fraction of sp³-hybridized carbons (Fsp3) is 0.625. The Kier molecular flexibility index (Phi) is 5.08. The Morgan fingerprint density at radius 1 is 0.944 bits per heavy atom. The summed E-state index contributed by atoms with van der Waals surface area (Å²) in [5, 5.41) is 3.53. The topological polar surface area (TPSA) is 12.0 Å². The van der Waals surface area contributed by atoms with E-state index in [2.05, 4.69) is 23.5 Å². The Balaban J connectivity index is 0.00000120. The number of hydrogen-bond acceptors (Lipinski definition) is 1. The van der Waals surface area contributed by atoms with E-state index in [1.54, 1.807) is 16.7 Å². The Morgan fingerprint density at radius 2 is 1.78 bits per heavy atom. The van der Waals surface area contributed by atoms with Gasteiger partial charge in [-0.3, -0.25) is 0 Å². The van der Waals surface area contributed by atoms with Gasteiger partial charge in [-0.25, -0.2) is 0 Å². The Bertz CT molecular complexity index is 383. The van der Waals surface area contributed by atoms with Crippen LogP contribution in [0.1, 0.15) is 61.1 Å². The molecule has 1 aliphatic heterocycles. The second-order valence-electron chi connectivity index (χ2n) is 5.64. The molecule has 2 aliphatic rings. The molecule has 0 atom stereocenters. The average Bonchev–Trinajstić information content (AvgIpc) is 2.64. The number of aryl methyl sites for hydroxylation is 1. The zero-order chi connectivity index (χ0) is 11.5. The molecule has 0 radical (unpaired) electrons. The van der Waals surface area contributed by atoms with Crippen LogP contribution in [0.5, 0.6) is 0 Å². The summed E-state index contributed by atoms with van der Waals surface area (Å²) in [6.45, 7) is 2.25. The number of benzene rings is 1. The monoisotopic (exact) mass is 265 g/mol. The molecule has 1 aromatic rings. The minimum absolute atomic E-state index is 0. The first kappa shape index (κ1) is 13.9. The molecule has 0 amide bonds. The fourth-order valence-electron chi connectivity index (χ4n) is 3.37. The third-order valence-corrected chi connectivity index (χ3v) is 4.42. The summed E-state index contributed by atoms with van der Waals surface area (Å²) in [6, 6.07) is 7.29. The van der Waals surface area contributed by atoms with Crippen LogP contribution in [0.3, 0.4) is 0 Å². The van der Waals surface area contributed by atoms with Crippen molar-refractivity contribution in [2.75, 3.05) is 6.54 Å². The molecule has 1 nitrogen and oxygen atoms in total. The molecule has 3 rings (SSSR count). The lowest BCUT2D eigenvalue weighted by molar-refractivity contribution is 0.443. The molecule has 0 spiro atoms. The van der Waals surface area contributed by atoms with Crippen LogP contribution >= 0.6 is 12.4 Å². The molecular formula is C16H24ClN. The highest BCUT2D eigenvalue weighted by Gasteiger charge is 2.17. The second kappa shape index (κ2) is 6.58. The van der Waals surface area contributed by atoms with Crippen LogP contribution in [0.25, 0.3) is 0 Å². The van der Waals surface area contributed by atoms with Crippen molar-refractivity contribution >= 4 is 12.4 Å². The summed E-state index contributed by atoms with van der Waals surface area (Å²) in [4.78, 5) is 0. The van der Waals surface area contributed by atoms with Crippen molar-refractivity contribution in [1.82, 2.24) is 5.32 Å². The lowest BCUT2D eigenvalue weighted by Crippen LogP contribution is -2.12. The third kappa shape index (κ3) is 3.07. The maximum atomic E-state index is 3.53. The first-order valence-electron chi connectivity index (χ1n) is 7.26. The molecule has 1 aromatic carbocycles. The van der Waals surface area contributed by atoms with E-state index >= 15 is 0 Å². The van der Waals surface area contributed by atoms with Crippen LogP contribution < -0.4 is 5.32 Å². The smallest absolute Gasteiger partial charge is 0.0208 e. The van der Waals surface area contributed by atoms with E-state index in [1.165, 1.54) is 51.5 Å². The highest BCUT2D eigenvalue weighted by Crippen LogP contribution is 2.33. The van der Waals surface area contributed by atoms with Gasteiger partial charge < -0.3 is 5.32 Å². The van der Waals surface area contributed by atoms with Gasteiger partial charge in [-0.1, -0.05) is 37.5 Å². The number of fused-ring (bicyclic) bond motifs is 1. The normalized spacial score (nSPS) is 20.7. The minimum atomic E-state index is 0. The van der Waals surface area contributed by atoms with Crippen molar-refractivity contribution in [3.8, 4) is 0 Å². The summed E-state index contributed by atoms with van der Waals surface area (Å²) in [7, 11) is 0. The Hall–Kier alpha value is -0.530. The van der Waals surface area contributed by atoms with E-state index < -0.39 is 0 Å². The summed E-state index contributed by atoms with van der Waals surface area (Å²) >= 11 is 0. The number of hydrogen-bond donors (Lipinski definition) is 1. The molecule has 0 saturated heterocycles. The van der Waals surface area contributed by atoms with Gasteiger partial charge in [-0.05, 0) is 54.8 Å². The van der Waals surface area contributed by atoms with Crippen LogP contribution in [-0.4, -0.2) is 6.54 Å². The van der Waals surface area contributed by atoms with E-state index in [-0.39, 0.29) is 12.4 Å². The second-order valence-corrected chi connectivity index (χ2v) is 5.64. The predicted molar refractivity (Wildman–Crippen MR) is 79.5 cm³/mol. The molecule has 0 bridgehead atoms. The molecule has 0 unspecified atom stereocenters. The molecule has 1 fully saturated rings. The largest absolute Gasteiger partial charge is 0.313 e. The van der Waals surface area contributed by atoms with Gasteiger partial charge in [0.15, 0.2) is 0 Å². The van der Waals surface area contributed by atoms with Crippen LogP contribution in [0.15, 0.2) is 18.2 Å². The molecule has 18 heavy (non-hydrogen) atoms. The summed E-state index contributed by atoms with van der Waals surface area (Å²) in [6.07, 6.45) is 9.67. The van der Waals surface area contributed by atoms with Gasteiger partial charge >= 0.3 is 0 Å². The van der Waals surface area contributed by atoms with Crippen LogP contribution in [-0.2, 0) is 13.0 Å². The standard InChI is InChI=1S/C16H23N.ClH/c1-2-5-13(6-3-1)15-9-8-14-7-4-10-17-12-16(14)11-15;/h8-9,11,13,17H,1-7,10,12H2;1H. The third-order valence-electron chi connectivity index (χ3n) is 4.42. The zero-order valence-corrected chi connectivity index (χ0v) is 11.9. The molecule has 1 heterocycles. The van der Waals surface area contributed by atoms with E-state index in [1.807, 2.05) is 0 Å². The van der Waals surface area contributed by atoms with Gasteiger partial charge in [0.1, 0.15) is 0 Å². The van der Waals surface area contributed by atoms with Gasteiger partial charge in [-0.15, -0.1) is 12.4 Å². The molecule has 100 valence electrons. The molecule has 1 aliphatic carbocycles. The molecule has 0 aromatic heterocycles. The van der Waals surface area contributed by atoms with Gasteiger partial charge in [-0.2, -0.15) is 0 Å². The van der Waals surface area contributed by atoms with Gasteiger partial charge in [0.05, 0.1) is 0 Å². The summed E-state index contributed by atoms with van der Waals surface area (Å²) < 4.78 is 0.